The molecule has 0 atom stereocenters. The van der Waals surface area contributed by atoms with E-state index in [2.05, 4.69) is 14.7 Å². The molecule has 20 heavy (non-hydrogen) atoms. The van der Waals surface area contributed by atoms with Crippen LogP contribution < -0.4 is 9.62 Å². The van der Waals surface area contributed by atoms with E-state index in [0.29, 0.717) is 5.69 Å². The van der Waals surface area contributed by atoms with Crippen LogP contribution in [0.3, 0.4) is 0 Å². The van der Waals surface area contributed by atoms with Crippen molar-refractivity contribution < 1.29 is 8.42 Å². The van der Waals surface area contributed by atoms with Crippen LogP contribution in [0.25, 0.3) is 0 Å². The Labute approximate surface area is 122 Å². The van der Waals surface area contributed by atoms with E-state index in [9.17, 15) is 8.42 Å². The third-order valence-electron chi connectivity index (χ3n) is 2.47. The smallest absolute Gasteiger partial charge is 0.263 e. The molecule has 6 nitrogen and oxygen atoms in total. The Balaban J connectivity index is 2.22. The number of halogens is 1. The first-order valence-electron chi connectivity index (χ1n) is 5.66. The summed E-state index contributed by atoms with van der Waals surface area (Å²) >= 11 is 5.63. The molecule has 2 aromatic rings. The second kappa shape index (κ2) is 5.64. The van der Waals surface area contributed by atoms with E-state index in [-0.39, 0.29) is 10.0 Å². The van der Waals surface area contributed by atoms with Gasteiger partial charge in [0.25, 0.3) is 10.0 Å². The summed E-state index contributed by atoms with van der Waals surface area (Å²) in [5.41, 5.74) is 0.380. The lowest BCUT2D eigenvalue weighted by molar-refractivity contribution is 0.601. The lowest BCUT2D eigenvalue weighted by Crippen LogP contribution is -2.14. The summed E-state index contributed by atoms with van der Waals surface area (Å²) in [4.78, 5) is 9.74. The van der Waals surface area contributed by atoms with Gasteiger partial charge >= 0.3 is 0 Å². The van der Waals surface area contributed by atoms with Crippen molar-refractivity contribution in [2.24, 2.45) is 0 Å². The van der Waals surface area contributed by atoms with Gasteiger partial charge in [-0.25, -0.2) is 18.4 Å². The highest BCUT2D eigenvalue weighted by atomic mass is 35.5. The second-order valence-electron chi connectivity index (χ2n) is 4.22. The molecule has 0 bridgehead atoms. The van der Waals surface area contributed by atoms with Crippen LogP contribution in [0.5, 0.6) is 0 Å². The molecule has 2 heterocycles. The zero-order valence-electron chi connectivity index (χ0n) is 10.9. The van der Waals surface area contributed by atoms with Gasteiger partial charge in [0.05, 0.1) is 11.9 Å². The Bertz CT molecular complexity index is 684. The molecule has 0 aromatic carbocycles. The minimum Gasteiger partial charge on any atom is -0.363 e. The summed E-state index contributed by atoms with van der Waals surface area (Å²) in [6.07, 6.45) is 2.66. The third kappa shape index (κ3) is 3.37. The largest absolute Gasteiger partial charge is 0.363 e. The number of rotatable bonds is 4. The number of hydrogen-bond donors (Lipinski definition) is 1. The number of pyridine rings is 2. The first-order chi connectivity index (χ1) is 9.38. The number of anilines is 2. The maximum absolute atomic E-state index is 12.1. The molecule has 106 valence electrons. The molecule has 2 aromatic heterocycles. The molecule has 0 aliphatic heterocycles. The van der Waals surface area contributed by atoms with E-state index in [1.165, 1.54) is 24.5 Å². The molecule has 0 unspecified atom stereocenters. The summed E-state index contributed by atoms with van der Waals surface area (Å²) in [6, 6.07) is 6.17. The molecule has 1 N–H and O–H groups in total. The van der Waals surface area contributed by atoms with Gasteiger partial charge in [0, 0.05) is 20.3 Å². The van der Waals surface area contributed by atoms with Crippen molar-refractivity contribution in [2.75, 3.05) is 23.7 Å². The number of nitrogens with one attached hydrogen (secondary N) is 1. The summed E-state index contributed by atoms with van der Waals surface area (Å²) in [5, 5.41) is 0.237. The Kier molecular flexibility index (Phi) is 4.10. The topological polar surface area (TPSA) is 75.2 Å². The van der Waals surface area contributed by atoms with Crippen molar-refractivity contribution in [3.05, 3.63) is 41.8 Å². The molecule has 0 aliphatic rings. The Morgan fingerprint density at radius 2 is 1.85 bits per heavy atom. The molecule has 0 saturated carbocycles. The highest BCUT2D eigenvalue weighted by molar-refractivity contribution is 7.92. The molecular formula is C12H13ClN4O2S. The van der Waals surface area contributed by atoms with Crippen molar-refractivity contribution in [3.63, 3.8) is 0 Å². The van der Waals surface area contributed by atoms with Crippen molar-refractivity contribution in [1.82, 2.24) is 9.97 Å². The minimum absolute atomic E-state index is 0.0404. The summed E-state index contributed by atoms with van der Waals surface area (Å²) in [6.45, 7) is 0. The molecule has 0 amide bonds. The maximum atomic E-state index is 12.1. The van der Waals surface area contributed by atoms with Crippen LogP contribution in [0, 0.1) is 0 Å². The molecule has 0 saturated heterocycles. The predicted molar refractivity (Wildman–Crippen MR) is 78.6 cm³/mol. The molecule has 2 rings (SSSR count). The number of sulfonamides is 1. The van der Waals surface area contributed by atoms with E-state index in [1.54, 1.807) is 12.1 Å². The van der Waals surface area contributed by atoms with Crippen LogP contribution in [-0.4, -0.2) is 32.5 Å². The number of aromatic nitrogens is 2. The minimum atomic E-state index is -3.69. The molecule has 0 spiro atoms. The van der Waals surface area contributed by atoms with Gasteiger partial charge in [-0.15, -0.1) is 0 Å². The van der Waals surface area contributed by atoms with Gasteiger partial charge in [0.1, 0.15) is 15.9 Å². The quantitative estimate of drug-likeness (QED) is 0.874. The van der Waals surface area contributed by atoms with Crippen molar-refractivity contribution >= 4 is 33.1 Å². The number of nitrogens with zero attached hydrogens (tertiary/aromatic N) is 3. The average molecular weight is 313 g/mol. The van der Waals surface area contributed by atoms with Crippen LogP contribution in [0.15, 0.2) is 41.6 Å². The number of hydrogen-bond acceptors (Lipinski definition) is 5. The van der Waals surface area contributed by atoms with Crippen LogP contribution in [0.2, 0.25) is 5.15 Å². The highest BCUT2D eigenvalue weighted by Gasteiger charge is 2.14. The van der Waals surface area contributed by atoms with Crippen molar-refractivity contribution in [1.29, 1.82) is 0 Å². The average Bonchev–Trinajstić information content (AvgIpc) is 2.39. The zero-order valence-corrected chi connectivity index (χ0v) is 12.5. The first kappa shape index (κ1) is 14.5. The lowest BCUT2D eigenvalue weighted by atomic mass is 10.4. The van der Waals surface area contributed by atoms with Crippen LogP contribution >= 0.6 is 11.6 Å². The van der Waals surface area contributed by atoms with Gasteiger partial charge in [-0.2, -0.15) is 0 Å². The van der Waals surface area contributed by atoms with Gasteiger partial charge < -0.3 is 4.90 Å². The molecule has 0 radical (unpaired) electrons. The Morgan fingerprint density at radius 3 is 2.35 bits per heavy atom. The van der Waals surface area contributed by atoms with Gasteiger partial charge in [-0.05, 0) is 24.3 Å². The van der Waals surface area contributed by atoms with E-state index in [0.717, 1.165) is 5.82 Å². The van der Waals surface area contributed by atoms with Crippen molar-refractivity contribution in [3.8, 4) is 0 Å². The van der Waals surface area contributed by atoms with Gasteiger partial charge in [-0.1, -0.05) is 11.6 Å². The first-order valence-corrected chi connectivity index (χ1v) is 7.52. The summed E-state index contributed by atoms with van der Waals surface area (Å²) in [7, 11) is 0.0175. The maximum Gasteiger partial charge on any atom is 0.263 e. The third-order valence-corrected chi connectivity index (χ3v) is 4.06. The van der Waals surface area contributed by atoms with E-state index < -0.39 is 10.0 Å². The fourth-order valence-electron chi connectivity index (χ4n) is 1.45. The molecule has 0 fully saturated rings. The SMILES string of the molecule is CN(C)c1ccc(NS(=O)(=O)c2ccc(Cl)nc2)cn1. The molecular weight excluding hydrogens is 300 g/mol. The summed E-state index contributed by atoms with van der Waals surface area (Å²) in [5.74, 6) is 0.737. The summed E-state index contributed by atoms with van der Waals surface area (Å²) < 4.78 is 26.6. The fourth-order valence-corrected chi connectivity index (χ4v) is 2.55. The zero-order chi connectivity index (χ0) is 14.8. The Morgan fingerprint density at radius 1 is 1.10 bits per heavy atom. The molecule has 8 heteroatoms. The fraction of sp³-hybridized carbons (Fsp3) is 0.167. The monoisotopic (exact) mass is 312 g/mol. The Hall–Kier alpha value is -1.86. The second-order valence-corrected chi connectivity index (χ2v) is 6.29. The van der Waals surface area contributed by atoms with E-state index in [4.69, 9.17) is 11.6 Å². The van der Waals surface area contributed by atoms with Crippen LogP contribution in [0.4, 0.5) is 11.5 Å². The predicted octanol–water partition coefficient (Wildman–Crippen LogP) is 2.00. The van der Waals surface area contributed by atoms with Crippen LogP contribution in [0.1, 0.15) is 0 Å². The molecule has 0 aliphatic carbocycles. The standard InChI is InChI=1S/C12H13ClN4O2S/c1-17(2)12-6-3-9(7-15-12)16-20(18,19)10-4-5-11(13)14-8-10/h3-8,16H,1-2H3. The lowest BCUT2D eigenvalue weighted by Gasteiger charge is -2.12. The van der Waals surface area contributed by atoms with Gasteiger partial charge in [-0.3, -0.25) is 4.72 Å². The van der Waals surface area contributed by atoms with Gasteiger partial charge in [0.2, 0.25) is 0 Å². The van der Waals surface area contributed by atoms with Crippen LogP contribution in [-0.2, 0) is 10.0 Å². The van der Waals surface area contributed by atoms with Crippen molar-refractivity contribution in [2.45, 2.75) is 4.90 Å². The van der Waals surface area contributed by atoms with E-state index in [1.807, 2.05) is 19.0 Å². The normalized spacial score (nSPS) is 11.2. The van der Waals surface area contributed by atoms with E-state index >= 15 is 0 Å². The highest BCUT2D eigenvalue weighted by Crippen LogP contribution is 2.17. The van der Waals surface area contributed by atoms with Gasteiger partial charge in [0.15, 0.2) is 0 Å².